The van der Waals surface area contributed by atoms with Crippen LogP contribution in [0.2, 0.25) is 5.02 Å². The molecule has 0 atom stereocenters. The molecule has 8 heteroatoms. The van der Waals surface area contributed by atoms with Gasteiger partial charge in [0.2, 0.25) is 0 Å². The number of aromatic nitrogens is 2. The second kappa shape index (κ2) is 4.90. The van der Waals surface area contributed by atoms with Gasteiger partial charge in [0.15, 0.2) is 0 Å². The predicted octanol–water partition coefficient (Wildman–Crippen LogP) is 3.35. The highest BCUT2D eigenvalue weighted by Crippen LogP contribution is 2.30. The normalized spacial score (nSPS) is 11.7. The minimum atomic E-state index is -4.69. The van der Waals surface area contributed by atoms with Gasteiger partial charge < -0.3 is 0 Å². The molecule has 1 heterocycles. The summed E-state index contributed by atoms with van der Waals surface area (Å²) in [6.45, 7) is 1.01. The molecule has 0 aliphatic heterocycles. The van der Waals surface area contributed by atoms with Crippen molar-refractivity contribution in [3.05, 3.63) is 56.7 Å². The van der Waals surface area contributed by atoms with Crippen LogP contribution in [-0.2, 0) is 6.18 Å². The molecule has 0 radical (unpaired) electrons. The van der Waals surface area contributed by atoms with Gasteiger partial charge in [0.05, 0.1) is 11.8 Å². The van der Waals surface area contributed by atoms with Crippen molar-refractivity contribution < 1.29 is 17.6 Å². The van der Waals surface area contributed by atoms with Crippen molar-refractivity contribution in [3.8, 4) is 5.69 Å². The Morgan fingerprint density at radius 1 is 1.30 bits per heavy atom. The standard InChI is InChI=1S/C12H7ClF4N2O/c1-6-8(12(15,16)17)5-18-19(11(6)20)10-3-2-7(13)4-9(10)14/h2-5H,1H3. The summed E-state index contributed by atoms with van der Waals surface area (Å²) < 4.78 is 52.1. The lowest BCUT2D eigenvalue weighted by Crippen LogP contribution is -2.27. The first kappa shape index (κ1) is 14.5. The van der Waals surface area contributed by atoms with Gasteiger partial charge in [-0.2, -0.15) is 23.0 Å². The smallest absolute Gasteiger partial charge is 0.267 e. The highest BCUT2D eigenvalue weighted by Gasteiger charge is 2.34. The fraction of sp³-hybridized carbons (Fsp3) is 0.167. The van der Waals surface area contributed by atoms with Crippen LogP contribution in [0.3, 0.4) is 0 Å². The zero-order chi connectivity index (χ0) is 15.1. The summed E-state index contributed by atoms with van der Waals surface area (Å²) in [4.78, 5) is 11.9. The maximum Gasteiger partial charge on any atom is 0.418 e. The van der Waals surface area contributed by atoms with Gasteiger partial charge in [0.1, 0.15) is 11.5 Å². The van der Waals surface area contributed by atoms with E-state index in [0.717, 1.165) is 13.0 Å². The topological polar surface area (TPSA) is 34.9 Å². The number of hydrogen-bond acceptors (Lipinski definition) is 2. The van der Waals surface area contributed by atoms with Crippen LogP contribution in [0, 0.1) is 12.7 Å². The molecule has 0 spiro atoms. The summed E-state index contributed by atoms with van der Waals surface area (Å²) in [6, 6.07) is 3.41. The molecule has 2 aromatic rings. The Morgan fingerprint density at radius 2 is 1.95 bits per heavy atom. The largest absolute Gasteiger partial charge is 0.418 e. The molecule has 0 N–H and O–H groups in total. The van der Waals surface area contributed by atoms with Crippen LogP contribution in [0.1, 0.15) is 11.1 Å². The van der Waals surface area contributed by atoms with Crippen LogP contribution in [0.25, 0.3) is 5.69 Å². The van der Waals surface area contributed by atoms with E-state index in [-0.39, 0.29) is 10.7 Å². The summed E-state index contributed by atoms with van der Waals surface area (Å²) in [6.07, 6.45) is -4.20. The summed E-state index contributed by atoms with van der Waals surface area (Å²) in [5, 5.41) is 3.47. The lowest BCUT2D eigenvalue weighted by Gasteiger charge is -2.12. The second-order valence-electron chi connectivity index (χ2n) is 3.99. The maximum absolute atomic E-state index is 13.7. The van der Waals surface area contributed by atoms with Gasteiger partial charge in [-0.3, -0.25) is 4.79 Å². The summed E-state index contributed by atoms with van der Waals surface area (Å²) in [5.74, 6) is -0.855. The minimum absolute atomic E-state index is 0.0999. The molecule has 20 heavy (non-hydrogen) atoms. The quantitative estimate of drug-likeness (QED) is 0.757. The average molecular weight is 307 g/mol. The van der Waals surface area contributed by atoms with Crippen molar-refractivity contribution in [2.75, 3.05) is 0 Å². The van der Waals surface area contributed by atoms with Crippen LogP contribution in [-0.4, -0.2) is 9.78 Å². The number of alkyl halides is 3. The minimum Gasteiger partial charge on any atom is -0.267 e. The van der Waals surface area contributed by atoms with E-state index in [2.05, 4.69) is 5.10 Å². The molecule has 0 unspecified atom stereocenters. The average Bonchev–Trinajstić information content (AvgIpc) is 2.32. The number of halogens is 5. The molecule has 2 rings (SSSR count). The Bertz CT molecular complexity index is 724. The molecule has 1 aromatic heterocycles. The van der Waals surface area contributed by atoms with Crippen LogP contribution in [0.4, 0.5) is 17.6 Å². The van der Waals surface area contributed by atoms with Crippen LogP contribution in [0.5, 0.6) is 0 Å². The van der Waals surface area contributed by atoms with Gasteiger partial charge in [-0.15, -0.1) is 0 Å². The van der Waals surface area contributed by atoms with Gasteiger partial charge in [-0.05, 0) is 25.1 Å². The summed E-state index contributed by atoms with van der Waals surface area (Å²) in [5.41, 5.74) is -3.01. The Morgan fingerprint density at radius 3 is 2.50 bits per heavy atom. The Hall–Kier alpha value is -1.89. The van der Waals surface area contributed by atoms with E-state index in [4.69, 9.17) is 11.6 Å². The van der Waals surface area contributed by atoms with Crippen molar-refractivity contribution in [3.63, 3.8) is 0 Å². The summed E-state index contributed by atoms with van der Waals surface area (Å²) >= 11 is 5.56. The molecule has 0 saturated heterocycles. The van der Waals surface area contributed by atoms with Crippen LogP contribution < -0.4 is 5.56 Å². The van der Waals surface area contributed by atoms with Crippen LogP contribution in [0.15, 0.2) is 29.2 Å². The zero-order valence-corrected chi connectivity index (χ0v) is 10.8. The first-order valence-electron chi connectivity index (χ1n) is 5.33. The fourth-order valence-electron chi connectivity index (χ4n) is 1.65. The van der Waals surface area contributed by atoms with Crippen molar-refractivity contribution in [2.24, 2.45) is 0 Å². The third-order valence-corrected chi connectivity index (χ3v) is 2.90. The Kier molecular flexibility index (Phi) is 3.56. The Labute approximate surface area is 115 Å². The number of hydrogen-bond donors (Lipinski definition) is 0. The number of rotatable bonds is 1. The molecule has 1 aromatic carbocycles. The molecule has 0 saturated carbocycles. The molecular formula is C12H7ClF4N2O. The van der Waals surface area contributed by atoms with E-state index in [0.29, 0.717) is 10.9 Å². The molecule has 106 valence electrons. The predicted molar refractivity (Wildman–Crippen MR) is 64.5 cm³/mol. The van der Waals surface area contributed by atoms with Crippen molar-refractivity contribution >= 4 is 11.6 Å². The fourth-order valence-corrected chi connectivity index (χ4v) is 1.81. The second-order valence-corrected chi connectivity index (χ2v) is 4.43. The van der Waals surface area contributed by atoms with Crippen molar-refractivity contribution in [1.82, 2.24) is 9.78 Å². The molecule has 0 aliphatic carbocycles. The molecule has 3 nitrogen and oxygen atoms in total. The van der Waals surface area contributed by atoms with Crippen LogP contribution >= 0.6 is 11.6 Å². The number of benzene rings is 1. The van der Waals surface area contributed by atoms with Gasteiger partial charge in [-0.25, -0.2) is 4.39 Å². The van der Waals surface area contributed by atoms with Gasteiger partial charge >= 0.3 is 6.18 Å². The highest BCUT2D eigenvalue weighted by molar-refractivity contribution is 6.30. The van der Waals surface area contributed by atoms with E-state index in [1.54, 1.807) is 0 Å². The van der Waals surface area contributed by atoms with E-state index >= 15 is 0 Å². The van der Waals surface area contributed by atoms with E-state index in [1.807, 2.05) is 0 Å². The lowest BCUT2D eigenvalue weighted by atomic mass is 10.2. The molecule has 0 fully saturated rings. The first-order chi connectivity index (χ1) is 9.21. The zero-order valence-electron chi connectivity index (χ0n) is 10.0. The van der Waals surface area contributed by atoms with Gasteiger partial charge in [0.25, 0.3) is 5.56 Å². The molecule has 0 amide bonds. The van der Waals surface area contributed by atoms with E-state index in [9.17, 15) is 22.4 Å². The molecular weight excluding hydrogens is 300 g/mol. The third kappa shape index (κ3) is 2.53. The highest BCUT2D eigenvalue weighted by atomic mass is 35.5. The monoisotopic (exact) mass is 306 g/mol. The maximum atomic E-state index is 13.7. The van der Waals surface area contributed by atoms with E-state index < -0.39 is 28.7 Å². The Balaban J connectivity index is 2.66. The van der Waals surface area contributed by atoms with E-state index in [1.165, 1.54) is 12.1 Å². The number of nitrogens with zero attached hydrogens (tertiary/aromatic N) is 2. The first-order valence-corrected chi connectivity index (χ1v) is 5.71. The van der Waals surface area contributed by atoms with Gasteiger partial charge in [-0.1, -0.05) is 11.6 Å². The van der Waals surface area contributed by atoms with Gasteiger partial charge in [0, 0.05) is 10.6 Å². The SMILES string of the molecule is Cc1c(C(F)(F)F)cnn(-c2ccc(Cl)cc2F)c1=O. The molecule has 0 bridgehead atoms. The van der Waals surface area contributed by atoms with Crippen molar-refractivity contribution in [1.29, 1.82) is 0 Å². The molecule has 0 aliphatic rings. The lowest BCUT2D eigenvalue weighted by molar-refractivity contribution is -0.138. The third-order valence-electron chi connectivity index (χ3n) is 2.66. The summed E-state index contributed by atoms with van der Waals surface area (Å²) in [7, 11) is 0. The van der Waals surface area contributed by atoms with Crippen molar-refractivity contribution in [2.45, 2.75) is 13.1 Å².